The van der Waals surface area contributed by atoms with Crippen LogP contribution in [-0.4, -0.2) is 18.5 Å². The van der Waals surface area contributed by atoms with Gasteiger partial charge in [-0.3, -0.25) is 0 Å². The van der Waals surface area contributed by atoms with E-state index in [4.69, 9.17) is 0 Å². The molecule has 0 atom stereocenters. The van der Waals surface area contributed by atoms with E-state index in [1.165, 1.54) is 0 Å². The molecule has 16 heavy (non-hydrogen) atoms. The predicted molar refractivity (Wildman–Crippen MR) is 42.8 cm³/mol. The molecule has 0 radical (unpaired) electrons. The number of ether oxygens (including phenoxy) is 1. The molecule has 0 saturated carbocycles. The lowest BCUT2D eigenvalue weighted by molar-refractivity contribution is -0.269. The fourth-order valence-corrected chi connectivity index (χ4v) is 0.813. The van der Waals surface area contributed by atoms with E-state index in [1.54, 1.807) is 0 Å². The first-order chi connectivity index (χ1) is 7.33. The number of halogens is 5. The average Bonchev–Trinajstić information content (AvgIpc) is 2.17. The molecule has 0 amide bonds. The molecule has 0 unspecified atom stereocenters. The average molecular weight is 240 g/mol. The second kappa shape index (κ2) is 4.46. The normalized spacial score (nSPS) is 11.6. The second-order valence-electron chi connectivity index (χ2n) is 2.76. The molecule has 7 heteroatoms. The molecule has 0 aromatic heterocycles. The fourth-order valence-electron chi connectivity index (χ4n) is 0.813. The van der Waals surface area contributed by atoms with Crippen LogP contribution in [0.2, 0.25) is 0 Å². The van der Waals surface area contributed by atoms with Crippen molar-refractivity contribution in [1.29, 1.82) is 0 Å². The van der Waals surface area contributed by atoms with Gasteiger partial charge in [0.15, 0.2) is 0 Å². The highest BCUT2D eigenvalue weighted by atomic mass is 19.3. The van der Waals surface area contributed by atoms with Crippen LogP contribution in [0.1, 0.15) is 10.4 Å². The molecule has 1 rings (SSSR count). The number of carbonyl (C=O) groups is 1. The van der Waals surface area contributed by atoms with Crippen LogP contribution < -0.4 is 0 Å². The largest absolute Gasteiger partial charge is 0.463 e. The van der Waals surface area contributed by atoms with Crippen molar-refractivity contribution in [2.24, 2.45) is 0 Å². The molecule has 0 saturated heterocycles. The Morgan fingerprint density at radius 1 is 1.19 bits per heavy atom. The number of hydrogen-bond donors (Lipinski definition) is 0. The van der Waals surface area contributed by atoms with Gasteiger partial charge < -0.3 is 4.74 Å². The van der Waals surface area contributed by atoms with Crippen LogP contribution in [0.25, 0.3) is 0 Å². The summed E-state index contributed by atoms with van der Waals surface area (Å²) < 4.78 is 63.6. The van der Waals surface area contributed by atoms with Gasteiger partial charge in [0.25, 0.3) is 0 Å². The highest BCUT2D eigenvalue weighted by molar-refractivity contribution is 5.89. The zero-order valence-corrected chi connectivity index (χ0v) is 7.59. The molecule has 0 spiro atoms. The van der Waals surface area contributed by atoms with Crippen LogP contribution in [0.4, 0.5) is 22.0 Å². The lowest BCUT2D eigenvalue weighted by Gasteiger charge is -2.15. The molecule has 0 bridgehead atoms. The first-order valence-corrected chi connectivity index (χ1v) is 3.98. The molecule has 0 fully saturated rings. The topological polar surface area (TPSA) is 26.3 Å². The number of alkyl halides is 4. The summed E-state index contributed by atoms with van der Waals surface area (Å²) in [4.78, 5) is 10.9. The second-order valence-corrected chi connectivity index (χ2v) is 2.76. The summed E-state index contributed by atoms with van der Waals surface area (Å²) in [6, 6.07) is 3.33. The Kier molecular flexibility index (Phi) is 3.46. The van der Waals surface area contributed by atoms with Gasteiger partial charge >= 0.3 is 18.5 Å². The van der Waals surface area contributed by atoms with Gasteiger partial charge in [-0.25, -0.2) is 9.18 Å². The van der Waals surface area contributed by atoms with Crippen molar-refractivity contribution >= 4 is 5.97 Å². The van der Waals surface area contributed by atoms with Gasteiger partial charge in [0.1, 0.15) is 5.82 Å². The van der Waals surface area contributed by atoms with Crippen molar-refractivity contribution in [3.8, 4) is 0 Å². The molecule has 0 aliphatic rings. The van der Waals surface area contributed by atoms with Gasteiger partial charge in [-0.1, -0.05) is 0 Å². The SMILES string of the molecule is O=C(OC(F)(F)C(F)F)c1ccc(F)cc1. The van der Waals surface area contributed by atoms with Crippen molar-refractivity contribution in [1.82, 2.24) is 0 Å². The van der Waals surface area contributed by atoms with Crippen LogP contribution in [-0.2, 0) is 4.74 Å². The molecule has 88 valence electrons. The van der Waals surface area contributed by atoms with Gasteiger partial charge in [-0.15, -0.1) is 0 Å². The van der Waals surface area contributed by atoms with Gasteiger partial charge in [-0.2, -0.15) is 17.6 Å². The van der Waals surface area contributed by atoms with Crippen LogP contribution >= 0.6 is 0 Å². The Balaban J connectivity index is 2.77. The molecular weight excluding hydrogens is 235 g/mol. The minimum Gasteiger partial charge on any atom is -0.393 e. The number of esters is 1. The van der Waals surface area contributed by atoms with Crippen molar-refractivity contribution in [3.63, 3.8) is 0 Å². The maximum Gasteiger partial charge on any atom is 0.463 e. The first-order valence-electron chi connectivity index (χ1n) is 3.98. The third kappa shape index (κ3) is 2.91. The van der Waals surface area contributed by atoms with Crippen LogP contribution in [0.3, 0.4) is 0 Å². The summed E-state index contributed by atoms with van der Waals surface area (Å²) in [6.45, 7) is 0. The van der Waals surface area contributed by atoms with Gasteiger partial charge in [0.2, 0.25) is 0 Å². The zero-order valence-electron chi connectivity index (χ0n) is 7.59. The van der Waals surface area contributed by atoms with E-state index < -0.39 is 29.9 Å². The van der Waals surface area contributed by atoms with E-state index in [1.807, 2.05) is 0 Å². The molecule has 1 aromatic carbocycles. The van der Waals surface area contributed by atoms with E-state index in [9.17, 15) is 26.7 Å². The van der Waals surface area contributed by atoms with Gasteiger partial charge in [-0.05, 0) is 24.3 Å². The maximum absolute atomic E-state index is 12.4. The Labute approximate surface area is 86.6 Å². The van der Waals surface area contributed by atoms with Crippen molar-refractivity contribution in [3.05, 3.63) is 35.6 Å². The van der Waals surface area contributed by atoms with E-state index >= 15 is 0 Å². The number of benzene rings is 1. The fraction of sp³-hybridized carbons (Fsp3) is 0.222. The smallest absolute Gasteiger partial charge is 0.393 e. The summed E-state index contributed by atoms with van der Waals surface area (Å²) in [6.07, 6.45) is -8.97. The van der Waals surface area contributed by atoms with E-state index in [-0.39, 0.29) is 0 Å². The Hall–Kier alpha value is -1.66. The van der Waals surface area contributed by atoms with Crippen LogP contribution in [0.15, 0.2) is 24.3 Å². The standard InChI is InChI=1S/C9H5F5O2/c10-6-3-1-5(2-4-6)7(15)16-9(13,14)8(11)12/h1-4,8H. The highest BCUT2D eigenvalue weighted by Gasteiger charge is 2.45. The molecule has 1 aromatic rings. The Bertz CT molecular complexity index is 374. The molecule has 0 N–H and O–H groups in total. The molecule has 2 nitrogen and oxygen atoms in total. The van der Waals surface area contributed by atoms with Gasteiger partial charge in [0, 0.05) is 0 Å². The number of rotatable bonds is 3. The van der Waals surface area contributed by atoms with Crippen molar-refractivity contribution in [2.75, 3.05) is 0 Å². The summed E-state index contributed by atoms with van der Waals surface area (Å²) in [5, 5.41) is 0. The number of hydrogen-bond acceptors (Lipinski definition) is 2. The van der Waals surface area contributed by atoms with Crippen LogP contribution in [0, 0.1) is 5.82 Å². The molecular formula is C9H5F5O2. The van der Waals surface area contributed by atoms with E-state index in [0.717, 1.165) is 24.3 Å². The summed E-state index contributed by atoms with van der Waals surface area (Å²) in [5.74, 6) is -2.34. The van der Waals surface area contributed by atoms with Crippen molar-refractivity contribution in [2.45, 2.75) is 12.5 Å². The minimum absolute atomic E-state index is 0.443. The maximum atomic E-state index is 12.4. The zero-order chi connectivity index (χ0) is 12.3. The summed E-state index contributed by atoms with van der Waals surface area (Å²) in [5.41, 5.74) is -0.443. The minimum atomic E-state index is -4.86. The lowest BCUT2D eigenvalue weighted by atomic mass is 10.2. The molecule has 0 aliphatic carbocycles. The van der Waals surface area contributed by atoms with Gasteiger partial charge in [0.05, 0.1) is 5.56 Å². The monoisotopic (exact) mass is 240 g/mol. The Morgan fingerprint density at radius 3 is 2.12 bits per heavy atom. The van der Waals surface area contributed by atoms with Crippen molar-refractivity contribution < 1.29 is 31.5 Å². The highest BCUT2D eigenvalue weighted by Crippen LogP contribution is 2.25. The van der Waals surface area contributed by atoms with E-state index in [0.29, 0.717) is 0 Å². The quantitative estimate of drug-likeness (QED) is 0.599. The Morgan fingerprint density at radius 2 is 1.69 bits per heavy atom. The molecule has 0 heterocycles. The third-order valence-corrected chi connectivity index (χ3v) is 1.56. The number of carbonyl (C=O) groups excluding carboxylic acids is 1. The predicted octanol–water partition coefficient (Wildman–Crippen LogP) is 2.84. The third-order valence-electron chi connectivity index (χ3n) is 1.56. The summed E-state index contributed by atoms with van der Waals surface area (Å²) in [7, 11) is 0. The first kappa shape index (κ1) is 12.4. The summed E-state index contributed by atoms with van der Waals surface area (Å²) >= 11 is 0. The van der Waals surface area contributed by atoms with Crippen LogP contribution in [0.5, 0.6) is 0 Å². The molecule has 0 aliphatic heterocycles. The van der Waals surface area contributed by atoms with E-state index in [2.05, 4.69) is 4.74 Å². The lowest BCUT2D eigenvalue weighted by Crippen LogP contribution is -2.32.